The first kappa shape index (κ1) is 13.9. The number of hydrogen-bond donors (Lipinski definition) is 3. The van der Waals surface area contributed by atoms with E-state index in [0.717, 1.165) is 6.42 Å². The smallest absolute Gasteiger partial charge is 0.303 e. The monoisotopic (exact) mass is 216 g/mol. The van der Waals surface area contributed by atoms with Crippen molar-refractivity contribution in [2.75, 3.05) is 0 Å². The van der Waals surface area contributed by atoms with E-state index in [-0.39, 0.29) is 24.4 Å². The molecule has 0 bridgehead atoms. The minimum atomic E-state index is -0.817. The highest BCUT2D eigenvalue weighted by Crippen LogP contribution is 2.04. The van der Waals surface area contributed by atoms with Crippen LogP contribution >= 0.6 is 0 Å². The molecule has 88 valence electrons. The number of nitrogens with two attached hydrogens (primary N) is 1. The standard InChI is InChI=1S/C10H20N2O3/c1-3-7(5-6-9(13)14)12-8(4-2)10(11)15/h7-8,12H,3-6H2,1-2H3,(H2,11,15)(H,13,14)/t7-,8?/m0/s1. The highest BCUT2D eigenvalue weighted by Gasteiger charge is 2.17. The fourth-order valence-corrected chi connectivity index (χ4v) is 1.39. The number of hydrogen-bond acceptors (Lipinski definition) is 3. The van der Waals surface area contributed by atoms with E-state index in [1.807, 2.05) is 13.8 Å². The first-order valence-electron chi connectivity index (χ1n) is 5.28. The summed E-state index contributed by atoms with van der Waals surface area (Å²) in [7, 11) is 0. The van der Waals surface area contributed by atoms with E-state index in [1.54, 1.807) is 0 Å². The van der Waals surface area contributed by atoms with Crippen LogP contribution in [0.4, 0.5) is 0 Å². The Bertz CT molecular complexity index is 219. The van der Waals surface area contributed by atoms with Gasteiger partial charge < -0.3 is 16.2 Å². The van der Waals surface area contributed by atoms with Crippen molar-refractivity contribution in [3.8, 4) is 0 Å². The van der Waals surface area contributed by atoms with Gasteiger partial charge in [-0.25, -0.2) is 0 Å². The van der Waals surface area contributed by atoms with Gasteiger partial charge in [-0.1, -0.05) is 13.8 Å². The van der Waals surface area contributed by atoms with Crippen molar-refractivity contribution < 1.29 is 14.7 Å². The number of carbonyl (C=O) groups excluding carboxylic acids is 1. The molecule has 1 unspecified atom stereocenters. The number of nitrogens with one attached hydrogen (secondary N) is 1. The van der Waals surface area contributed by atoms with Crippen molar-refractivity contribution in [1.29, 1.82) is 0 Å². The van der Waals surface area contributed by atoms with Crippen LogP contribution in [-0.4, -0.2) is 29.1 Å². The van der Waals surface area contributed by atoms with Gasteiger partial charge in [0, 0.05) is 12.5 Å². The molecule has 15 heavy (non-hydrogen) atoms. The van der Waals surface area contributed by atoms with Gasteiger partial charge in [0.25, 0.3) is 0 Å². The molecule has 1 amide bonds. The van der Waals surface area contributed by atoms with Crippen LogP contribution in [0.5, 0.6) is 0 Å². The molecule has 0 rings (SSSR count). The molecule has 0 saturated heterocycles. The Labute approximate surface area is 90.0 Å². The van der Waals surface area contributed by atoms with Crippen molar-refractivity contribution in [3.63, 3.8) is 0 Å². The number of carboxylic acid groups (broad SMARTS) is 1. The molecule has 0 aromatic rings. The Balaban J connectivity index is 4.06. The van der Waals surface area contributed by atoms with Gasteiger partial charge in [-0.3, -0.25) is 9.59 Å². The van der Waals surface area contributed by atoms with Crippen LogP contribution in [0.3, 0.4) is 0 Å². The summed E-state index contributed by atoms with van der Waals surface area (Å²) in [4.78, 5) is 21.4. The Kier molecular flexibility index (Phi) is 6.70. The molecule has 0 aromatic heterocycles. The summed E-state index contributed by atoms with van der Waals surface area (Å²) in [5.74, 6) is -1.20. The van der Waals surface area contributed by atoms with Gasteiger partial charge in [0.2, 0.25) is 5.91 Å². The molecule has 0 aliphatic carbocycles. The highest BCUT2D eigenvalue weighted by molar-refractivity contribution is 5.79. The normalized spacial score (nSPS) is 14.5. The van der Waals surface area contributed by atoms with Gasteiger partial charge in [0.1, 0.15) is 0 Å². The third kappa shape index (κ3) is 6.06. The second kappa shape index (κ2) is 7.23. The first-order chi connectivity index (χ1) is 7.01. The second-order valence-corrected chi connectivity index (χ2v) is 3.57. The van der Waals surface area contributed by atoms with Gasteiger partial charge in [0.15, 0.2) is 0 Å². The van der Waals surface area contributed by atoms with E-state index in [4.69, 9.17) is 10.8 Å². The maximum Gasteiger partial charge on any atom is 0.303 e. The Hall–Kier alpha value is -1.10. The van der Waals surface area contributed by atoms with E-state index in [0.29, 0.717) is 12.8 Å². The average Bonchev–Trinajstić information content (AvgIpc) is 2.17. The van der Waals surface area contributed by atoms with E-state index >= 15 is 0 Å². The lowest BCUT2D eigenvalue weighted by Crippen LogP contribution is -2.46. The molecule has 5 nitrogen and oxygen atoms in total. The second-order valence-electron chi connectivity index (χ2n) is 3.57. The fourth-order valence-electron chi connectivity index (χ4n) is 1.39. The zero-order valence-electron chi connectivity index (χ0n) is 9.32. The number of aliphatic carboxylic acids is 1. The van der Waals surface area contributed by atoms with Crippen LogP contribution in [0.2, 0.25) is 0 Å². The lowest BCUT2D eigenvalue weighted by molar-refractivity contribution is -0.137. The SMILES string of the molecule is CCC(N[C@@H](CC)CCC(=O)O)C(N)=O. The maximum absolute atomic E-state index is 11.0. The number of carboxylic acids is 1. The predicted octanol–water partition coefficient (Wildman–Crippen LogP) is 0.483. The Morgan fingerprint density at radius 1 is 1.33 bits per heavy atom. The van der Waals surface area contributed by atoms with Crippen LogP contribution < -0.4 is 11.1 Å². The van der Waals surface area contributed by atoms with Gasteiger partial charge >= 0.3 is 5.97 Å². The topological polar surface area (TPSA) is 92.4 Å². The molecule has 4 N–H and O–H groups in total. The molecular weight excluding hydrogens is 196 g/mol. The summed E-state index contributed by atoms with van der Waals surface area (Å²) in [6.45, 7) is 3.82. The number of primary amides is 1. The number of rotatable bonds is 8. The van der Waals surface area contributed by atoms with Crippen molar-refractivity contribution in [1.82, 2.24) is 5.32 Å². The lowest BCUT2D eigenvalue weighted by atomic mass is 10.1. The summed E-state index contributed by atoms with van der Waals surface area (Å²) in [5, 5.41) is 11.6. The molecule has 0 radical (unpaired) electrons. The molecule has 2 atom stereocenters. The van der Waals surface area contributed by atoms with Crippen LogP contribution in [0.15, 0.2) is 0 Å². The lowest BCUT2D eigenvalue weighted by Gasteiger charge is -2.21. The van der Waals surface area contributed by atoms with E-state index in [9.17, 15) is 9.59 Å². The molecule has 0 aromatic carbocycles. The molecule has 5 heteroatoms. The molecule has 0 heterocycles. The van der Waals surface area contributed by atoms with Crippen LogP contribution in [-0.2, 0) is 9.59 Å². The van der Waals surface area contributed by atoms with Crippen LogP contribution in [0.1, 0.15) is 39.5 Å². The minimum Gasteiger partial charge on any atom is -0.481 e. The van der Waals surface area contributed by atoms with Crippen molar-refractivity contribution in [2.45, 2.75) is 51.6 Å². The molecule has 0 fully saturated rings. The number of amides is 1. The van der Waals surface area contributed by atoms with E-state index in [1.165, 1.54) is 0 Å². The largest absolute Gasteiger partial charge is 0.481 e. The minimum absolute atomic E-state index is 0.0403. The molecule has 0 saturated carbocycles. The van der Waals surface area contributed by atoms with Crippen LogP contribution in [0.25, 0.3) is 0 Å². The van der Waals surface area contributed by atoms with Crippen molar-refractivity contribution in [3.05, 3.63) is 0 Å². The van der Waals surface area contributed by atoms with E-state index in [2.05, 4.69) is 5.32 Å². The highest BCUT2D eigenvalue weighted by atomic mass is 16.4. The molecule has 0 aliphatic rings. The van der Waals surface area contributed by atoms with Crippen LogP contribution in [0, 0.1) is 0 Å². The quantitative estimate of drug-likeness (QED) is 0.550. The zero-order chi connectivity index (χ0) is 11.8. The fraction of sp³-hybridized carbons (Fsp3) is 0.800. The maximum atomic E-state index is 11.0. The van der Waals surface area contributed by atoms with Gasteiger partial charge in [-0.05, 0) is 19.3 Å². The Morgan fingerprint density at radius 2 is 1.93 bits per heavy atom. The molecular formula is C10H20N2O3. The van der Waals surface area contributed by atoms with E-state index < -0.39 is 5.97 Å². The molecule has 0 spiro atoms. The third-order valence-corrected chi connectivity index (χ3v) is 2.39. The average molecular weight is 216 g/mol. The summed E-state index contributed by atoms with van der Waals surface area (Å²) in [6, 6.07) is -0.317. The van der Waals surface area contributed by atoms with Gasteiger partial charge in [-0.2, -0.15) is 0 Å². The molecule has 0 aliphatic heterocycles. The summed E-state index contributed by atoms with van der Waals surface area (Å²) in [5.41, 5.74) is 5.19. The first-order valence-corrected chi connectivity index (χ1v) is 5.28. The summed E-state index contributed by atoms with van der Waals surface area (Å²) < 4.78 is 0. The zero-order valence-corrected chi connectivity index (χ0v) is 9.32. The van der Waals surface area contributed by atoms with Crippen molar-refractivity contribution in [2.24, 2.45) is 5.73 Å². The third-order valence-electron chi connectivity index (χ3n) is 2.39. The predicted molar refractivity (Wildman–Crippen MR) is 57.4 cm³/mol. The number of carbonyl (C=O) groups is 2. The summed E-state index contributed by atoms with van der Waals surface area (Å²) in [6.07, 6.45) is 2.05. The Morgan fingerprint density at radius 3 is 2.27 bits per heavy atom. The van der Waals surface area contributed by atoms with Gasteiger partial charge in [-0.15, -0.1) is 0 Å². The van der Waals surface area contributed by atoms with Gasteiger partial charge in [0.05, 0.1) is 6.04 Å². The van der Waals surface area contributed by atoms with Crippen molar-refractivity contribution >= 4 is 11.9 Å². The summed E-state index contributed by atoms with van der Waals surface area (Å²) >= 11 is 0.